The van der Waals surface area contributed by atoms with Gasteiger partial charge in [0.1, 0.15) is 22.1 Å². The molecule has 0 unspecified atom stereocenters. The van der Waals surface area contributed by atoms with Crippen molar-refractivity contribution in [2.75, 3.05) is 17.2 Å². The van der Waals surface area contributed by atoms with Crippen molar-refractivity contribution in [3.63, 3.8) is 0 Å². The van der Waals surface area contributed by atoms with Gasteiger partial charge in [0.05, 0.1) is 34.0 Å². The molecule has 5 rings (SSSR count). The number of fused-ring (bicyclic) bond motifs is 1. The minimum absolute atomic E-state index is 0.0777. The van der Waals surface area contributed by atoms with Crippen molar-refractivity contribution in [3.8, 4) is 10.6 Å². The van der Waals surface area contributed by atoms with Crippen molar-refractivity contribution in [1.29, 1.82) is 0 Å². The van der Waals surface area contributed by atoms with Gasteiger partial charge in [-0.2, -0.15) is 4.98 Å². The lowest BCUT2D eigenvalue weighted by Crippen LogP contribution is -2.35. The van der Waals surface area contributed by atoms with Gasteiger partial charge in [-0.1, -0.05) is 54.1 Å². The number of thiazole rings is 1. The monoisotopic (exact) mass is 511 g/mol. The van der Waals surface area contributed by atoms with Gasteiger partial charge < -0.3 is 26.0 Å². The van der Waals surface area contributed by atoms with Crippen molar-refractivity contribution in [2.45, 2.75) is 37.6 Å². The Balaban J connectivity index is 1.54. The normalized spacial score (nSPS) is 22.9. The Morgan fingerprint density at radius 1 is 1.03 bits per heavy atom. The summed E-state index contributed by atoms with van der Waals surface area (Å²) in [5.41, 5.74) is 2.43. The van der Waals surface area contributed by atoms with Gasteiger partial charge in [-0.05, 0) is 31.0 Å². The van der Waals surface area contributed by atoms with Gasteiger partial charge in [0.25, 0.3) is 0 Å². The molecule has 1 aliphatic rings. The SMILES string of the molecule is C[C@@H](Nc1nc(Cl)c(-c2nc3ccccc3s2)c(N[C@@H]2C[C@H](CO)[C@@H](O)[C@H]2O)n1)c1ccccc1. The highest BCUT2D eigenvalue weighted by Gasteiger charge is 2.41. The molecule has 10 heteroatoms. The van der Waals surface area contributed by atoms with Crippen LogP contribution in [0.4, 0.5) is 11.8 Å². The average Bonchev–Trinajstić information content (AvgIpc) is 3.40. The van der Waals surface area contributed by atoms with Crippen LogP contribution >= 0.6 is 22.9 Å². The number of nitrogens with one attached hydrogen (secondary N) is 2. The number of anilines is 2. The molecule has 4 aromatic rings. The molecular weight excluding hydrogens is 486 g/mol. The lowest BCUT2D eigenvalue weighted by atomic mass is 10.1. The molecule has 5 N–H and O–H groups in total. The standard InChI is InChI=1S/C25H26ClN5O3S/c1-13(14-7-3-2-4-8-14)27-25-30-22(26)19(24-29-16-9-5-6-10-18(16)35-24)23(31-25)28-17-11-15(12-32)20(33)21(17)34/h2-10,13,15,17,20-21,32-34H,11-12H2,1H3,(H2,27,28,30,31)/t13-,15-,17-,20-,21+/m1/s1. The number of aliphatic hydroxyl groups excluding tert-OH is 3. The number of halogens is 1. The van der Waals surface area contributed by atoms with E-state index in [1.54, 1.807) is 0 Å². The summed E-state index contributed by atoms with van der Waals surface area (Å²) >= 11 is 8.19. The quantitative estimate of drug-likeness (QED) is 0.235. The zero-order valence-corrected chi connectivity index (χ0v) is 20.5. The number of aromatic nitrogens is 3. The maximum atomic E-state index is 10.6. The van der Waals surface area contributed by atoms with E-state index in [4.69, 9.17) is 21.6 Å². The van der Waals surface area contributed by atoms with Crippen LogP contribution in [0, 0.1) is 5.92 Å². The van der Waals surface area contributed by atoms with Gasteiger partial charge in [-0.15, -0.1) is 11.3 Å². The Kier molecular flexibility index (Phi) is 6.86. The first-order valence-corrected chi connectivity index (χ1v) is 12.6. The van der Waals surface area contributed by atoms with Crippen molar-refractivity contribution >= 4 is 44.9 Å². The molecule has 1 saturated carbocycles. The minimum atomic E-state index is -1.07. The van der Waals surface area contributed by atoms with E-state index in [0.717, 1.165) is 15.8 Å². The second-order valence-electron chi connectivity index (χ2n) is 8.74. The number of nitrogens with zero attached hydrogens (tertiary/aromatic N) is 3. The number of benzene rings is 2. The molecule has 0 bridgehead atoms. The zero-order chi connectivity index (χ0) is 24.5. The molecule has 1 fully saturated rings. The Morgan fingerprint density at radius 2 is 1.77 bits per heavy atom. The molecule has 35 heavy (non-hydrogen) atoms. The van der Waals surface area contributed by atoms with Crippen molar-refractivity contribution in [3.05, 3.63) is 65.3 Å². The number of hydrogen-bond donors (Lipinski definition) is 5. The van der Waals surface area contributed by atoms with Crippen molar-refractivity contribution in [1.82, 2.24) is 15.0 Å². The van der Waals surface area contributed by atoms with E-state index >= 15 is 0 Å². The number of para-hydroxylation sites is 1. The topological polar surface area (TPSA) is 123 Å². The van der Waals surface area contributed by atoms with E-state index in [1.807, 2.05) is 61.5 Å². The summed E-state index contributed by atoms with van der Waals surface area (Å²) in [7, 11) is 0. The molecule has 0 radical (unpaired) electrons. The van der Waals surface area contributed by atoms with Crippen LogP contribution < -0.4 is 10.6 Å². The van der Waals surface area contributed by atoms with E-state index in [0.29, 0.717) is 28.8 Å². The summed E-state index contributed by atoms with van der Waals surface area (Å²) in [5, 5.41) is 37.9. The summed E-state index contributed by atoms with van der Waals surface area (Å²) in [6.07, 6.45) is -1.72. The molecule has 182 valence electrons. The summed E-state index contributed by atoms with van der Waals surface area (Å²) in [6, 6.07) is 17.1. The second kappa shape index (κ2) is 10.0. The summed E-state index contributed by atoms with van der Waals surface area (Å²) in [6.45, 7) is 1.79. The molecule has 5 atom stereocenters. The molecule has 2 heterocycles. The molecular formula is C25H26ClN5O3S. The molecule has 2 aromatic heterocycles. The highest BCUT2D eigenvalue weighted by atomic mass is 35.5. The first-order valence-electron chi connectivity index (χ1n) is 11.4. The highest BCUT2D eigenvalue weighted by molar-refractivity contribution is 7.21. The van der Waals surface area contributed by atoms with Gasteiger partial charge in [-0.25, -0.2) is 9.97 Å². The third kappa shape index (κ3) is 4.82. The number of hydrogen-bond acceptors (Lipinski definition) is 9. The van der Waals surface area contributed by atoms with Crippen LogP contribution in [-0.4, -0.2) is 55.1 Å². The van der Waals surface area contributed by atoms with Crippen molar-refractivity contribution < 1.29 is 15.3 Å². The largest absolute Gasteiger partial charge is 0.396 e. The van der Waals surface area contributed by atoms with Crippen molar-refractivity contribution in [2.24, 2.45) is 5.92 Å². The highest BCUT2D eigenvalue weighted by Crippen LogP contribution is 2.40. The first kappa shape index (κ1) is 23.9. The maximum absolute atomic E-state index is 10.6. The second-order valence-corrected chi connectivity index (χ2v) is 10.1. The van der Waals surface area contributed by atoms with Crippen LogP contribution in [0.5, 0.6) is 0 Å². The summed E-state index contributed by atoms with van der Waals surface area (Å²) < 4.78 is 1.00. The van der Waals surface area contributed by atoms with Crippen LogP contribution in [-0.2, 0) is 0 Å². The first-order chi connectivity index (χ1) is 16.9. The fraction of sp³-hybridized carbons (Fsp3) is 0.320. The Labute approximate surface area is 211 Å². The van der Waals surface area contributed by atoms with E-state index in [9.17, 15) is 15.3 Å². The van der Waals surface area contributed by atoms with Gasteiger partial charge in [0.15, 0.2) is 0 Å². The molecule has 0 amide bonds. The maximum Gasteiger partial charge on any atom is 0.226 e. The van der Waals surface area contributed by atoms with Gasteiger partial charge in [0.2, 0.25) is 5.95 Å². The van der Waals surface area contributed by atoms with E-state index in [-0.39, 0.29) is 17.8 Å². The number of rotatable bonds is 7. The predicted octanol–water partition coefficient (Wildman–Crippen LogP) is 4.09. The number of aliphatic hydroxyl groups is 3. The predicted molar refractivity (Wildman–Crippen MR) is 139 cm³/mol. The minimum Gasteiger partial charge on any atom is -0.396 e. The van der Waals surface area contributed by atoms with Crippen LogP contribution in [0.2, 0.25) is 5.15 Å². The lowest BCUT2D eigenvalue weighted by Gasteiger charge is -2.21. The van der Waals surface area contributed by atoms with E-state index < -0.39 is 24.2 Å². The third-order valence-electron chi connectivity index (χ3n) is 6.38. The molecule has 0 aliphatic heterocycles. The fourth-order valence-electron chi connectivity index (χ4n) is 4.41. The molecule has 1 aliphatic carbocycles. The Morgan fingerprint density at radius 3 is 2.49 bits per heavy atom. The van der Waals surface area contributed by atoms with E-state index in [2.05, 4.69) is 15.6 Å². The fourth-order valence-corrected chi connectivity index (χ4v) is 5.74. The third-order valence-corrected chi connectivity index (χ3v) is 7.70. The van der Waals surface area contributed by atoms with Gasteiger partial charge >= 0.3 is 0 Å². The van der Waals surface area contributed by atoms with Crippen LogP contribution in [0.15, 0.2) is 54.6 Å². The average molecular weight is 512 g/mol. The van der Waals surface area contributed by atoms with Gasteiger partial charge in [-0.3, -0.25) is 0 Å². The lowest BCUT2D eigenvalue weighted by molar-refractivity contribution is 0.00446. The van der Waals surface area contributed by atoms with E-state index in [1.165, 1.54) is 11.3 Å². The van der Waals surface area contributed by atoms with Crippen LogP contribution in [0.1, 0.15) is 24.9 Å². The Hall–Kier alpha value is -2.82. The van der Waals surface area contributed by atoms with Crippen LogP contribution in [0.3, 0.4) is 0 Å². The summed E-state index contributed by atoms with van der Waals surface area (Å²) in [5.74, 6) is 0.300. The van der Waals surface area contributed by atoms with Gasteiger partial charge in [0, 0.05) is 12.5 Å². The Bertz CT molecular complexity index is 1290. The molecule has 0 spiro atoms. The molecule has 2 aromatic carbocycles. The summed E-state index contributed by atoms with van der Waals surface area (Å²) in [4.78, 5) is 13.9. The molecule has 0 saturated heterocycles. The zero-order valence-electron chi connectivity index (χ0n) is 19.0. The molecule has 8 nitrogen and oxygen atoms in total. The smallest absolute Gasteiger partial charge is 0.226 e. The van der Waals surface area contributed by atoms with Crippen LogP contribution in [0.25, 0.3) is 20.8 Å².